The third-order valence-electron chi connectivity index (χ3n) is 5.55. The average Bonchev–Trinajstić information content (AvgIpc) is 2.85. The van der Waals surface area contributed by atoms with Crippen LogP contribution in [0.25, 0.3) is 0 Å². The molecule has 0 saturated heterocycles. The van der Waals surface area contributed by atoms with E-state index in [1.165, 1.54) is 13.2 Å². The zero-order chi connectivity index (χ0) is 24.9. The van der Waals surface area contributed by atoms with Crippen molar-refractivity contribution in [2.45, 2.75) is 12.5 Å². The fourth-order valence-corrected chi connectivity index (χ4v) is 3.92. The van der Waals surface area contributed by atoms with Crippen molar-refractivity contribution in [2.75, 3.05) is 37.5 Å². The molecule has 0 aliphatic carbocycles. The number of carbonyl (C=O) groups is 2. The summed E-state index contributed by atoms with van der Waals surface area (Å²) in [5, 5.41) is 2.66. The molecule has 0 bridgehead atoms. The van der Waals surface area contributed by atoms with Gasteiger partial charge in [-0.1, -0.05) is 23.7 Å². The Labute approximate surface area is 207 Å². The van der Waals surface area contributed by atoms with E-state index in [2.05, 4.69) is 15.0 Å². The van der Waals surface area contributed by atoms with Gasteiger partial charge < -0.3 is 24.4 Å². The molecule has 3 aromatic rings. The number of ether oxygens (including phenoxy) is 3. The lowest BCUT2D eigenvalue weighted by Crippen LogP contribution is -2.41. The molecule has 182 valence electrons. The van der Waals surface area contributed by atoms with Crippen LogP contribution in [0.2, 0.25) is 5.02 Å². The van der Waals surface area contributed by atoms with E-state index in [0.717, 1.165) is 17.5 Å². The number of nitrogens with zero attached hydrogens (tertiary/aromatic N) is 1. The van der Waals surface area contributed by atoms with E-state index in [0.29, 0.717) is 24.5 Å². The van der Waals surface area contributed by atoms with E-state index in [4.69, 9.17) is 21.1 Å². The van der Waals surface area contributed by atoms with Crippen LogP contribution in [0.3, 0.4) is 0 Å². The van der Waals surface area contributed by atoms with Gasteiger partial charge in [-0.3, -0.25) is 9.59 Å². The third-order valence-corrected chi connectivity index (χ3v) is 5.86. The number of amides is 1. The summed E-state index contributed by atoms with van der Waals surface area (Å²) >= 11 is 6.08. The normalized spacial score (nSPS) is 14.5. The number of likely N-dealkylation sites (N-methyl/N-ethyl adjacent to an activating group) is 1. The Morgan fingerprint density at radius 2 is 1.91 bits per heavy atom. The van der Waals surface area contributed by atoms with Gasteiger partial charge in [0.15, 0.2) is 0 Å². The number of rotatable bonds is 7. The standard InChI is InChI=1S/C26H24ClFN2O5/c1-30-14-19(35-24-6-4-3-5-23(24)30)15-34-18-9-7-16(8-10-18)26(32)29-22-11-17(12-25(31)33-2)21(28)13-20(22)27/h3-11,13,19H,12,14-15H2,1-2H3,(H,29,32)/t19-/m0/s1. The van der Waals surface area contributed by atoms with Gasteiger partial charge in [0.1, 0.15) is 30.0 Å². The minimum atomic E-state index is -0.656. The van der Waals surface area contributed by atoms with Gasteiger partial charge in [0, 0.05) is 18.2 Å². The Balaban J connectivity index is 1.36. The largest absolute Gasteiger partial charge is 0.490 e. The van der Waals surface area contributed by atoms with Gasteiger partial charge in [-0.25, -0.2) is 4.39 Å². The fourth-order valence-electron chi connectivity index (χ4n) is 3.72. The van der Waals surface area contributed by atoms with Crippen molar-refractivity contribution in [3.63, 3.8) is 0 Å². The highest BCUT2D eigenvalue weighted by atomic mass is 35.5. The van der Waals surface area contributed by atoms with E-state index < -0.39 is 17.7 Å². The molecule has 0 aromatic heterocycles. The van der Waals surface area contributed by atoms with Gasteiger partial charge in [0.05, 0.1) is 36.5 Å². The second-order valence-electron chi connectivity index (χ2n) is 8.05. The monoisotopic (exact) mass is 498 g/mol. The van der Waals surface area contributed by atoms with Crippen molar-refractivity contribution >= 4 is 34.9 Å². The van der Waals surface area contributed by atoms with E-state index in [1.807, 2.05) is 31.3 Å². The summed E-state index contributed by atoms with van der Waals surface area (Å²) in [4.78, 5) is 26.3. The summed E-state index contributed by atoms with van der Waals surface area (Å²) in [6.45, 7) is 1.03. The number of esters is 1. The van der Waals surface area contributed by atoms with Crippen LogP contribution in [-0.2, 0) is 16.0 Å². The molecule has 3 aromatic carbocycles. The molecule has 35 heavy (non-hydrogen) atoms. The topological polar surface area (TPSA) is 77.1 Å². The Morgan fingerprint density at radius 3 is 2.66 bits per heavy atom. The molecule has 0 radical (unpaired) electrons. The van der Waals surface area contributed by atoms with Crippen LogP contribution in [0.5, 0.6) is 11.5 Å². The molecule has 1 aliphatic heterocycles. The first-order chi connectivity index (χ1) is 16.8. The van der Waals surface area contributed by atoms with Gasteiger partial charge in [-0.15, -0.1) is 0 Å². The Morgan fingerprint density at radius 1 is 1.17 bits per heavy atom. The second-order valence-corrected chi connectivity index (χ2v) is 8.46. The van der Waals surface area contributed by atoms with Crippen LogP contribution in [0, 0.1) is 5.82 Å². The van der Waals surface area contributed by atoms with Crippen molar-refractivity contribution in [1.29, 1.82) is 0 Å². The summed E-state index contributed by atoms with van der Waals surface area (Å²) < 4.78 is 30.6. The molecular formula is C26H24ClFN2O5. The van der Waals surface area contributed by atoms with E-state index in [-0.39, 0.29) is 28.8 Å². The van der Waals surface area contributed by atoms with Gasteiger partial charge >= 0.3 is 5.97 Å². The van der Waals surface area contributed by atoms with Gasteiger partial charge in [0.25, 0.3) is 5.91 Å². The minimum absolute atomic E-state index is 0.0171. The smallest absolute Gasteiger partial charge is 0.310 e. The van der Waals surface area contributed by atoms with Crippen LogP contribution >= 0.6 is 11.6 Å². The van der Waals surface area contributed by atoms with Crippen LogP contribution in [0.4, 0.5) is 15.8 Å². The maximum absolute atomic E-state index is 14.1. The maximum Gasteiger partial charge on any atom is 0.310 e. The van der Waals surface area contributed by atoms with E-state index in [9.17, 15) is 14.0 Å². The fraction of sp³-hybridized carbons (Fsp3) is 0.231. The average molecular weight is 499 g/mol. The number of para-hydroxylation sites is 2. The minimum Gasteiger partial charge on any atom is -0.490 e. The number of carbonyl (C=O) groups excluding carboxylic acids is 2. The first-order valence-corrected chi connectivity index (χ1v) is 11.3. The number of anilines is 2. The highest BCUT2D eigenvalue weighted by Crippen LogP contribution is 2.32. The molecule has 1 N–H and O–H groups in total. The van der Waals surface area contributed by atoms with E-state index in [1.54, 1.807) is 24.3 Å². The molecule has 1 aliphatic rings. The van der Waals surface area contributed by atoms with Crippen LogP contribution < -0.4 is 19.7 Å². The quantitative estimate of drug-likeness (QED) is 0.475. The number of benzene rings is 3. The van der Waals surface area contributed by atoms with Gasteiger partial charge in [0.2, 0.25) is 0 Å². The van der Waals surface area contributed by atoms with Crippen LogP contribution in [0.15, 0.2) is 60.7 Å². The number of methoxy groups -OCH3 is 1. The number of halogens is 2. The van der Waals surface area contributed by atoms with Gasteiger partial charge in [-0.2, -0.15) is 0 Å². The summed E-state index contributed by atoms with van der Waals surface area (Å²) in [6.07, 6.45) is -0.418. The Hall–Kier alpha value is -3.78. The summed E-state index contributed by atoms with van der Waals surface area (Å²) in [7, 11) is 3.22. The molecule has 1 heterocycles. The van der Waals surface area contributed by atoms with Crippen molar-refractivity contribution in [3.8, 4) is 11.5 Å². The lowest BCUT2D eigenvalue weighted by molar-refractivity contribution is -0.139. The van der Waals surface area contributed by atoms with Crippen LogP contribution in [-0.4, -0.2) is 45.3 Å². The molecule has 0 spiro atoms. The first-order valence-electron chi connectivity index (χ1n) is 10.9. The Kier molecular flexibility index (Phi) is 7.41. The molecule has 1 amide bonds. The predicted octanol–water partition coefficient (Wildman–Crippen LogP) is 4.72. The SMILES string of the molecule is COC(=O)Cc1cc(NC(=O)c2ccc(OC[C@@H]3CN(C)c4ccccc4O3)cc2)c(Cl)cc1F. The van der Waals surface area contributed by atoms with Crippen LogP contribution in [0.1, 0.15) is 15.9 Å². The number of hydrogen-bond donors (Lipinski definition) is 1. The number of hydrogen-bond acceptors (Lipinski definition) is 6. The molecular weight excluding hydrogens is 475 g/mol. The molecule has 0 unspecified atom stereocenters. The summed E-state index contributed by atoms with van der Waals surface area (Å²) in [5.41, 5.74) is 1.65. The highest BCUT2D eigenvalue weighted by Gasteiger charge is 2.23. The predicted molar refractivity (Wildman–Crippen MR) is 131 cm³/mol. The zero-order valence-corrected chi connectivity index (χ0v) is 20.0. The first kappa shape index (κ1) is 24.3. The zero-order valence-electron chi connectivity index (χ0n) is 19.2. The highest BCUT2D eigenvalue weighted by molar-refractivity contribution is 6.34. The third kappa shape index (κ3) is 5.84. The van der Waals surface area contributed by atoms with Crippen molar-refractivity contribution in [1.82, 2.24) is 0 Å². The molecule has 4 rings (SSSR count). The lowest BCUT2D eigenvalue weighted by atomic mass is 10.1. The number of nitrogens with one attached hydrogen (secondary N) is 1. The second kappa shape index (κ2) is 10.7. The van der Waals surface area contributed by atoms with Crippen molar-refractivity contribution < 1.29 is 28.2 Å². The van der Waals surface area contributed by atoms with Crippen molar-refractivity contribution in [2.24, 2.45) is 0 Å². The van der Waals surface area contributed by atoms with E-state index >= 15 is 0 Å². The molecule has 7 nitrogen and oxygen atoms in total. The Bertz CT molecular complexity index is 1230. The molecule has 0 saturated carbocycles. The summed E-state index contributed by atoms with van der Waals surface area (Å²) in [6, 6.07) is 16.8. The maximum atomic E-state index is 14.1. The molecule has 9 heteroatoms. The van der Waals surface area contributed by atoms with Crippen molar-refractivity contribution in [3.05, 3.63) is 82.6 Å². The number of fused-ring (bicyclic) bond motifs is 1. The summed E-state index contributed by atoms with van der Waals surface area (Å²) in [5.74, 6) is -0.295. The molecule has 0 fully saturated rings. The molecule has 1 atom stereocenters. The van der Waals surface area contributed by atoms with Gasteiger partial charge in [-0.05, 0) is 48.5 Å². The lowest BCUT2D eigenvalue weighted by Gasteiger charge is -2.33.